The Kier molecular flexibility index (Phi) is 5.78. The molecule has 7 nitrogen and oxygen atoms in total. The Morgan fingerprint density at radius 2 is 1.78 bits per heavy atom. The molecule has 0 radical (unpaired) electrons. The lowest BCUT2D eigenvalue weighted by atomic mass is 10.2. The molecule has 2 rings (SSSR count). The number of hydrogen-bond donors (Lipinski definition) is 2. The third-order valence-electron chi connectivity index (χ3n) is 2.53. The van der Waals surface area contributed by atoms with Crippen LogP contribution in [0.5, 0.6) is 0 Å². The van der Waals surface area contributed by atoms with Gasteiger partial charge in [-0.05, 0) is 52.3 Å². The highest BCUT2D eigenvalue weighted by Gasteiger charge is 2.14. The Balaban J connectivity index is 1.75. The molecule has 120 valence electrons. The molecule has 0 aliphatic rings. The highest BCUT2D eigenvalue weighted by Crippen LogP contribution is 2.14. The van der Waals surface area contributed by atoms with Gasteiger partial charge in [-0.1, -0.05) is 11.6 Å². The molecule has 1 aromatic heterocycles. The second-order valence-corrected chi connectivity index (χ2v) is 5.41. The van der Waals surface area contributed by atoms with Crippen LogP contribution in [0.3, 0.4) is 0 Å². The van der Waals surface area contributed by atoms with Gasteiger partial charge in [-0.2, -0.15) is 0 Å². The van der Waals surface area contributed by atoms with Crippen LogP contribution >= 0.6 is 27.5 Å². The predicted octanol–water partition coefficient (Wildman–Crippen LogP) is 2.31. The number of rotatable bonds is 4. The van der Waals surface area contributed by atoms with Gasteiger partial charge in [0.05, 0.1) is 0 Å². The number of nitrogens with one attached hydrogen (secondary N) is 2. The minimum atomic E-state index is -0.796. The van der Waals surface area contributed by atoms with Crippen LogP contribution in [0.2, 0.25) is 5.02 Å². The van der Waals surface area contributed by atoms with E-state index in [9.17, 15) is 14.4 Å². The number of carbonyl (C=O) groups is 3. The first-order valence-electron chi connectivity index (χ1n) is 6.23. The van der Waals surface area contributed by atoms with Crippen molar-refractivity contribution in [3.05, 3.63) is 57.4 Å². The fourth-order valence-electron chi connectivity index (χ4n) is 1.46. The molecule has 23 heavy (non-hydrogen) atoms. The van der Waals surface area contributed by atoms with Gasteiger partial charge in [0, 0.05) is 10.6 Å². The van der Waals surface area contributed by atoms with E-state index >= 15 is 0 Å². The van der Waals surface area contributed by atoms with Crippen molar-refractivity contribution in [1.82, 2.24) is 10.9 Å². The molecule has 0 saturated carbocycles. The lowest BCUT2D eigenvalue weighted by Crippen LogP contribution is -2.43. The van der Waals surface area contributed by atoms with E-state index in [0.29, 0.717) is 15.3 Å². The molecule has 0 fully saturated rings. The van der Waals surface area contributed by atoms with E-state index in [-0.39, 0.29) is 5.76 Å². The van der Waals surface area contributed by atoms with E-state index in [4.69, 9.17) is 20.8 Å². The van der Waals surface area contributed by atoms with Crippen LogP contribution < -0.4 is 10.9 Å². The van der Waals surface area contributed by atoms with Crippen LogP contribution in [-0.4, -0.2) is 24.4 Å². The summed E-state index contributed by atoms with van der Waals surface area (Å²) >= 11 is 8.74. The second kappa shape index (κ2) is 7.80. The van der Waals surface area contributed by atoms with Crippen LogP contribution in [0.4, 0.5) is 0 Å². The van der Waals surface area contributed by atoms with Gasteiger partial charge in [0.25, 0.3) is 11.8 Å². The van der Waals surface area contributed by atoms with Crippen LogP contribution in [0, 0.1) is 0 Å². The molecule has 0 unspecified atom stereocenters. The van der Waals surface area contributed by atoms with E-state index < -0.39 is 24.4 Å². The van der Waals surface area contributed by atoms with Gasteiger partial charge in [-0.25, -0.2) is 4.79 Å². The van der Waals surface area contributed by atoms with Crippen LogP contribution in [0.1, 0.15) is 20.9 Å². The van der Waals surface area contributed by atoms with Gasteiger partial charge in [-0.3, -0.25) is 20.4 Å². The second-order valence-electron chi connectivity index (χ2n) is 4.19. The molecule has 2 aromatic rings. The van der Waals surface area contributed by atoms with Crippen molar-refractivity contribution < 1.29 is 23.5 Å². The van der Waals surface area contributed by atoms with E-state index in [1.165, 1.54) is 24.3 Å². The first kappa shape index (κ1) is 17.0. The third-order valence-corrected chi connectivity index (χ3v) is 3.21. The Labute approximate surface area is 144 Å². The number of hydrazine groups is 1. The SMILES string of the molecule is O=C(COC(=O)c1ccc(Br)o1)NNC(=O)c1ccc(Cl)cc1. The number of hydrogen-bond acceptors (Lipinski definition) is 5. The van der Waals surface area contributed by atoms with E-state index in [1.807, 2.05) is 0 Å². The zero-order valence-corrected chi connectivity index (χ0v) is 13.8. The largest absolute Gasteiger partial charge is 0.450 e. The Hall–Kier alpha value is -2.32. The molecule has 2 N–H and O–H groups in total. The maximum absolute atomic E-state index is 11.7. The number of halogens is 2. The van der Waals surface area contributed by atoms with Crippen molar-refractivity contribution in [2.75, 3.05) is 6.61 Å². The lowest BCUT2D eigenvalue weighted by Gasteiger charge is -2.07. The summed E-state index contributed by atoms with van der Waals surface area (Å²) in [6, 6.07) is 9.00. The highest BCUT2D eigenvalue weighted by atomic mass is 79.9. The van der Waals surface area contributed by atoms with Crippen LogP contribution in [0.25, 0.3) is 0 Å². The average Bonchev–Trinajstić information content (AvgIpc) is 2.97. The maximum atomic E-state index is 11.7. The molecule has 2 amide bonds. The number of carbonyl (C=O) groups excluding carboxylic acids is 3. The molecule has 0 spiro atoms. The standard InChI is InChI=1S/C14H10BrClN2O5/c15-11-6-5-10(23-11)14(21)22-7-12(19)17-18-13(20)8-1-3-9(16)4-2-8/h1-6H,7H2,(H,17,19)(H,18,20). The molecule has 0 aliphatic carbocycles. The summed E-state index contributed by atoms with van der Waals surface area (Å²) in [5, 5.41) is 0.488. The van der Waals surface area contributed by atoms with Gasteiger partial charge in [-0.15, -0.1) is 0 Å². The molecule has 0 atom stereocenters. The Morgan fingerprint density at radius 3 is 2.39 bits per heavy atom. The number of ether oxygens (including phenoxy) is 1. The minimum absolute atomic E-state index is 0.0464. The summed E-state index contributed by atoms with van der Waals surface area (Å²) < 4.78 is 10.1. The molecule has 0 saturated heterocycles. The number of benzene rings is 1. The summed E-state index contributed by atoms with van der Waals surface area (Å²) in [7, 11) is 0. The summed E-state index contributed by atoms with van der Waals surface area (Å²) in [6.07, 6.45) is 0. The average molecular weight is 402 g/mol. The van der Waals surface area contributed by atoms with Crippen molar-refractivity contribution >= 4 is 45.3 Å². The predicted molar refractivity (Wildman–Crippen MR) is 83.8 cm³/mol. The normalized spacial score (nSPS) is 10.0. The Bertz CT molecular complexity index is 729. The van der Waals surface area contributed by atoms with Crippen molar-refractivity contribution in [2.24, 2.45) is 0 Å². The highest BCUT2D eigenvalue weighted by molar-refractivity contribution is 9.10. The van der Waals surface area contributed by atoms with Crippen LogP contribution in [-0.2, 0) is 9.53 Å². The molecule has 0 bridgehead atoms. The minimum Gasteiger partial charge on any atom is -0.450 e. The van der Waals surface area contributed by atoms with E-state index in [1.54, 1.807) is 12.1 Å². The quantitative estimate of drug-likeness (QED) is 0.605. The molecule has 9 heteroatoms. The van der Waals surface area contributed by atoms with Crippen molar-refractivity contribution in [1.29, 1.82) is 0 Å². The topological polar surface area (TPSA) is 97.6 Å². The third kappa shape index (κ3) is 5.11. The van der Waals surface area contributed by atoms with Crippen molar-refractivity contribution in [2.45, 2.75) is 0 Å². The van der Waals surface area contributed by atoms with Gasteiger partial charge in [0.2, 0.25) is 5.76 Å². The van der Waals surface area contributed by atoms with Crippen molar-refractivity contribution in [3.63, 3.8) is 0 Å². The fourth-order valence-corrected chi connectivity index (χ4v) is 1.89. The zero-order valence-electron chi connectivity index (χ0n) is 11.5. The van der Waals surface area contributed by atoms with Gasteiger partial charge < -0.3 is 9.15 Å². The van der Waals surface area contributed by atoms with Crippen LogP contribution in [0.15, 0.2) is 45.5 Å². The molecular formula is C14H10BrClN2O5. The number of amides is 2. The monoisotopic (exact) mass is 400 g/mol. The smallest absolute Gasteiger partial charge is 0.374 e. The fraction of sp³-hybridized carbons (Fsp3) is 0.0714. The molecule has 0 aliphatic heterocycles. The first-order chi connectivity index (χ1) is 11.0. The number of furan rings is 1. The maximum Gasteiger partial charge on any atom is 0.374 e. The summed E-state index contributed by atoms with van der Waals surface area (Å²) in [4.78, 5) is 34.8. The zero-order chi connectivity index (χ0) is 16.8. The molecule has 1 aromatic carbocycles. The van der Waals surface area contributed by atoms with E-state index in [0.717, 1.165) is 0 Å². The van der Waals surface area contributed by atoms with Crippen molar-refractivity contribution in [3.8, 4) is 0 Å². The first-order valence-corrected chi connectivity index (χ1v) is 7.40. The molecular weight excluding hydrogens is 392 g/mol. The summed E-state index contributed by atoms with van der Waals surface area (Å²) in [5.74, 6) is -2.08. The van der Waals surface area contributed by atoms with E-state index in [2.05, 4.69) is 26.8 Å². The molecule has 1 heterocycles. The van der Waals surface area contributed by atoms with Gasteiger partial charge >= 0.3 is 5.97 Å². The summed E-state index contributed by atoms with van der Waals surface area (Å²) in [6.45, 7) is -0.571. The summed E-state index contributed by atoms with van der Waals surface area (Å²) in [5.41, 5.74) is 4.61. The lowest BCUT2D eigenvalue weighted by molar-refractivity contribution is -0.125. The Morgan fingerprint density at radius 1 is 1.09 bits per heavy atom. The van der Waals surface area contributed by atoms with Gasteiger partial charge in [0.1, 0.15) is 0 Å². The number of esters is 1. The van der Waals surface area contributed by atoms with Gasteiger partial charge in [0.15, 0.2) is 11.3 Å².